The largest absolute Gasteiger partial charge is 0.392 e. The van der Waals surface area contributed by atoms with E-state index in [4.69, 9.17) is 11.6 Å². The third-order valence-corrected chi connectivity index (χ3v) is 3.04. The molecule has 0 saturated heterocycles. The highest BCUT2D eigenvalue weighted by Crippen LogP contribution is 2.25. The minimum Gasteiger partial charge on any atom is -0.392 e. The molecule has 0 bridgehead atoms. The maximum atomic E-state index is 11.7. The predicted octanol–water partition coefficient (Wildman–Crippen LogP) is 2.64. The number of carbonyl (C=O) groups is 2. The van der Waals surface area contributed by atoms with Gasteiger partial charge in [0.1, 0.15) is 0 Å². The van der Waals surface area contributed by atoms with Crippen molar-refractivity contribution in [1.29, 1.82) is 0 Å². The molecular formula is C14H19ClN2O3. The smallest absolute Gasteiger partial charge is 0.227 e. The van der Waals surface area contributed by atoms with Crippen molar-refractivity contribution in [2.75, 3.05) is 10.6 Å². The summed E-state index contributed by atoms with van der Waals surface area (Å²) in [6.45, 7) is 5.08. The van der Waals surface area contributed by atoms with E-state index in [0.717, 1.165) is 0 Å². The van der Waals surface area contributed by atoms with E-state index in [9.17, 15) is 14.7 Å². The van der Waals surface area contributed by atoms with Gasteiger partial charge >= 0.3 is 0 Å². The maximum absolute atomic E-state index is 11.7. The van der Waals surface area contributed by atoms with E-state index in [2.05, 4.69) is 10.6 Å². The first-order chi connectivity index (χ1) is 9.29. The van der Waals surface area contributed by atoms with Crippen molar-refractivity contribution in [3.05, 3.63) is 23.2 Å². The van der Waals surface area contributed by atoms with Gasteiger partial charge in [-0.25, -0.2) is 0 Å². The van der Waals surface area contributed by atoms with Crippen LogP contribution in [0, 0.1) is 5.92 Å². The Bertz CT molecular complexity index is 503. The Hall–Kier alpha value is -1.59. The first-order valence-electron chi connectivity index (χ1n) is 6.34. The zero-order valence-electron chi connectivity index (χ0n) is 11.7. The van der Waals surface area contributed by atoms with Gasteiger partial charge in [0, 0.05) is 12.6 Å². The molecule has 1 aromatic rings. The molecule has 0 fully saturated rings. The Morgan fingerprint density at radius 1 is 1.30 bits per heavy atom. The number of benzene rings is 1. The van der Waals surface area contributed by atoms with Gasteiger partial charge < -0.3 is 15.7 Å². The molecule has 0 aliphatic heterocycles. The molecule has 1 unspecified atom stereocenters. The van der Waals surface area contributed by atoms with E-state index in [0.29, 0.717) is 16.4 Å². The van der Waals surface area contributed by atoms with Crippen LogP contribution >= 0.6 is 11.6 Å². The minimum absolute atomic E-state index is 0.0124. The first kappa shape index (κ1) is 16.5. The van der Waals surface area contributed by atoms with Crippen molar-refractivity contribution < 1.29 is 14.7 Å². The molecule has 20 heavy (non-hydrogen) atoms. The van der Waals surface area contributed by atoms with Crippen molar-refractivity contribution in [2.24, 2.45) is 5.92 Å². The van der Waals surface area contributed by atoms with E-state index >= 15 is 0 Å². The van der Waals surface area contributed by atoms with Crippen molar-refractivity contribution in [3.63, 3.8) is 0 Å². The quantitative estimate of drug-likeness (QED) is 0.782. The normalized spacial score (nSPS) is 12.1. The summed E-state index contributed by atoms with van der Waals surface area (Å²) in [6.07, 6.45) is -0.672. The SMILES string of the molecule is CC(=O)Nc1ccc(NC(=O)CC(O)C(C)C)c(Cl)c1. The number of halogens is 1. The van der Waals surface area contributed by atoms with E-state index < -0.39 is 6.10 Å². The lowest BCUT2D eigenvalue weighted by molar-refractivity contribution is -0.118. The summed E-state index contributed by atoms with van der Waals surface area (Å²) in [4.78, 5) is 22.7. The number of nitrogens with one attached hydrogen (secondary N) is 2. The molecule has 3 N–H and O–H groups in total. The second-order valence-electron chi connectivity index (χ2n) is 4.94. The van der Waals surface area contributed by atoms with Crippen LogP contribution in [0.2, 0.25) is 5.02 Å². The summed E-state index contributed by atoms with van der Waals surface area (Å²) in [6, 6.07) is 4.80. The summed E-state index contributed by atoms with van der Waals surface area (Å²) in [5.74, 6) is -0.489. The van der Waals surface area contributed by atoms with Crippen molar-refractivity contribution in [2.45, 2.75) is 33.3 Å². The lowest BCUT2D eigenvalue weighted by Crippen LogP contribution is -2.23. The highest BCUT2D eigenvalue weighted by Gasteiger charge is 2.15. The van der Waals surface area contributed by atoms with E-state index in [1.807, 2.05) is 13.8 Å². The van der Waals surface area contributed by atoms with Crippen LogP contribution in [-0.2, 0) is 9.59 Å². The van der Waals surface area contributed by atoms with Crippen LogP contribution in [0.1, 0.15) is 27.2 Å². The fourth-order valence-electron chi connectivity index (χ4n) is 1.52. The van der Waals surface area contributed by atoms with Crippen LogP contribution < -0.4 is 10.6 Å². The summed E-state index contributed by atoms with van der Waals surface area (Å²) in [5, 5.41) is 15.2. The van der Waals surface area contributed by atoms with Crippen LogP contribution in [0.25, 0.3) is 0 Å². The number of aliphatic hydroxyl groups excluding tert-OH is 1. The van der Waals surface area contributed by atoms with E-state index in [1.165, 1.54) is 6.92 Å². The Balaban J connectivity index is 2.69. The molecule has 0 aliphatic rings. The topological polar surface area (TPSA) is 78.4 Å². The standard InChI is InChI=1S/C14H19ClN2O3/c1-8(2)13(19)7-14(20)17-12-5-4-10(6-11(12)15)16-9(3)18/h4-6,8,13,19H,7H2,1-3H3,(H,16,18)(H,17,20). The number of carbonyl (C=O) groups excluding carboxylic acids is 2. The average Bonchev–Trinajstić information content (AvgIpc) is 2.31. The van der Waals surface area contributed by atoms with Gasteiger partial charge in [0.15, 0.2) is 0 Å². The molecule has 0 spiro atoms. The Morgan fingerprint density at radius 3 is 2.45 bits per heavy atom. The zero-order chi connectivity index (χ0) is 15.3. The molecule has 1 atom stereocenters. The van der Waals surface area contributed by atoms with Gasteiger partial charge in [-0.1, -0.05) is 25.4 Å². The molecule has 0 aromatic heterocycles. The number of rotatable bonds is 5. The van der Waals surface area contributed by atoms with Crippen molar-refractivity contribution >= 4 is 34.8 Å². The van der Waals surface area contributed by atoms with E-state index in [-0.39, 0.29) is 24.2 Å². The highest BCUT2D eigenvalue weighted by atomic mass is 35.5. The van der Waals surface area contributed by atoms with Crippen molar-refractivity contribution in [3.8, 4) is 0 Å². The van der Waals surface area contributed by atoms with Gasteiger partial charge in [-0.05, 0) is 24.1 Å². The lowest BCUT2D eigenvalue weighted by Gasteiger charge is -2.14. The average molecular weight is 299 g/mol. The fourth-order valence-corrected chi connectivity index (χ4v) is 1.75. The fraction of sp³-hybridized carbons (Fsp3) is 0.429. The molecule has 0 aliphatic carbocycles. The van der Waals surface area contributed by atoms with Gasteiger partial charge in [-0.2, -0.15) is 0 Å². The van der Waals surface area contributed by atoms with Crippen LogP contribution in [0.3, 0.4) is 0 Å². The number of amides is 2. The van der Waals surface area contributed by atoms with Crippen LogP contribution in [0.5, 0.6) is 0 Å². The summed E-state index contributed by atoms with van der Waals surface area (Å²) in [5.41, 5.74) is 1.00. The van der Waals surface area contributed by atoms with Gasteiger partial charge in [0.05, 0.1) is 23.2 Å². The Morgan fingerprint density at radius 2 is 1.95 bits per heavy atom. The molecule has 2 amide bonds. The Kier molecular flexibility index (Phi) is 5.98. The van der Waals surface area contributed by atoms with Gasteiger partial charge in [0.25, 0.3) is 0 Å². The third kappa shape index (κ3) is 5.19. The van der Waals surface area contributed by atoms with Crippen molar-refractivity contribution in [1.82, 2.24) is 0 Å². The number of anilines is 2. The molecule has 5 nitrogen and oxygen atoms in total. The summed E-state index contributed by atoms with van der Waals surface area (Å²) >= 11 is 6.03. The van der Waals surface area contributed by atoms with Gasteiger partial charge in [-0.15, -0.1) is 0 Å². The van der Waals surface area contributed by atoms with Crippen LogP contribution in [0.4, 0.5) is 11.4 Å². The summed E-state index contributed by atoms with van der Waals surface area (Å²) < 4.78 is 0. The maximum Gasteiger partial charge on any atom is 0.227 e. The van der Waals surface area contributed by atoms with Crippen LogP contribution in [0.15, 0.2) is 18.2 Å². The minimum atomic E-state index is -0.688. The second kappa shape index (κ2) is 7.26. The molecule has 0 radical (unpaired) electrons. The third-order valence-electron chi connectivity index (χ3n) is 2.73. The van der Waals surface area contributed by atoms with E-state index in [1.54, 1.807) is 18.2 Å². The number of aliphatic hydroxyl groups is 1. The van der Waals surface area contributed by atoms with Gasteiger partial charge in [0.2, 0.25) is 11.8 Å². The van der Waals surface area contributed by atoms with Gasteiger partial charge in [-0.3, -0.25) is 9.59 Å². The predicted molar refractivity (Wildman–Crippen MR) is 79.8 cm³/mol. The number of hydrogen-bond acceptors (Lipinski definition) is 3. The zero-order valence-corrected chi connectivity index (χ0v) is 12.5. The molecule has 6 heteroatoms. The lowest BCUT2D eigenvalue weighted by atomic mass is 10.0. The highest BCUT2D eigenvalue weighted by molar-refractivity contribution is 6.34. The summed E-state index contributed by atoms with van der Waals surface area (Å²) in [7, 11) is 0. The van der Waals surface area contributed by atoms with Crippen LogP contribution in [-0.4, -0.2) is 23.0 Å². The molecule has 0 heterocycles. The first-order valence-corrected chi connectivity index (χ1v) is 6.72. The molecule has 1 rings (SSSR count). The monoisotopic (exact) mass is 298 g/mol. The Labute approximate surface area is 123 Å². The molecule has 110 valence electrons. The molecule has 0 saturated carbocycles. The second-order valence-corrected chi connectivity index (χ2v) is 5.35. The molecular weight excluding hydrogens is 280 g/mol. The number of hydrogen-bond donors (Lipinski definition) is 3. The molecule has 1 aromatic carbocycles.